The largest absolute Gasteiger partial charge is 0.0745 e. The van der Waals surface area contributed by atoms with Gasteiger partial charge in [-0.05, 0) is 18.4 Å². The number of allylic oxidation sites excluding steroid dienone is 1. The summed E-state index contributed by atoms with van der Waals surface area (Å²) in [6, 6.07) is 0. The molecule has 3 nitrogen and oxygen atoms in total. The third kappa shape index (κ3) is 9.05. The van der Waals surface area contributed by atoms with E-state index in [1.54, 1.807) is 6.08 Å². The molecule has 0 N–H and O–H groups in total. The van der Waals surface area contributed by atoms with Crippen molar-refractivity contribution < 1.29 is 0 Å². The lowest BCUT2D eigenvalue weighted by Gasteiger charge is -1.92. The molecule has 0 bridgehead atoms. The summed E-state index contributed by atoms with van der Waals surface area (Å²) in [5.41, 5.74) is 7.88. The standard InChI is InChI=1S/C8H14N3/c1-2-3-4-5-6-7-8-10-11-9/h7H,2-6H2,1H3. The first-order chi connectivity index (χ1) is 5.41. The van der Waals surface area contributed by atoms with Crippen molar-refractivity contribution in [3.8, 4) is 0 Å². The second-order valence-electron chi connectivity index (χ2n) is 2.37. The first-order valence-electron chi connectivity index (χ1n) is 4.03. The highest BCUT2D eigenvalue weighted by molar-refractivity contribution is 4.71. The van der Waals surface area contributed by atoms with Crippen LogP contribution in [-0.2, 0) is 0 Å². The van der Waals surface area contributed by atoms with E-state index >= 15 is 0 Å². The van der Waals surface area contributed by atoms with Crippen molar-refractivity contribution in [2.75, 3.05) is 0 Å². The zero-order valence-corrected chi connectivity index (χ0v) is 6.95. The van der Waals surface area contributed by atoms with Gasteiger partial charge in [0.25, 0.3) is 0 Å². The van der Waals surface area contributed by atoms with Crippen LogP contribution in [0.25, 0.3) is 10.4 Å². The van der Waals surface area contributed by atoms with Crippen molar-refractivity contribution in [2.45, 2.75) is 39.0 Å². The molecule has 0 aromatic rings. The average molecular weight is 152 g/mol. The molecule has 0 aromatic carbocycles. The third-order valence-electron chi connectivity index (χ3n) is 1.40. The summed E-state index contributed by atoms with van der Waals surface area (Å²) >= 11 is 0. The van der Waals surface area contributed by atoms with Gasteiger partial charge in [0.05, 0.1) is 0 Å². The number of nitrogens with zero attached hydrogens (tertiary/aromatic N) is 3. The molecule has 61 valence electrons. The van der Waals surface area contributed by atoms with E-state index in [9.17, 15) is 0 Å². The van der Waals surface area contributed by atoms with E-state index in [2.05, 4.69) is 23.1 Å². The molecule has 0 aliphatic rings. The Hall–Kier alpha value is -0.950. The summed E-state index contributed by atoms with van der Waals surface area (Å²) in [5.74, 6) is 0. The van der Waals surface area contributed by atoms with Gasteiger partial charge in [0.15, 0.2) is 0 Å². The van der Waals surface area contributed by atoms with Crippen LogP contribution in [0, 0.1) is 6.20 Å². The Bertz CT molecular complexity index is 145. The lowest BCUT2D eigenvalue weighted by atomic mass is 10.1. The van der Waals surface area contributed by atoms with Gasteiger partial charge in [-0.2, -0.15) is 0 Å². The van der Waals surface area contributed by atoms with Gasteiger partial charge < -0.3 is 0 Å². The monoisotopic (exact) mass is 152 g/mol. The lowest BCUT2D eigenvalue weighted by molar-refractivity contribution is 0.674. The van der Waals surface area contributed by atoms with Crippen LogP contribution < -0.4 is 0 Å². The van der Waals surface area contributed by atoms with Crippen molar-refractivity contribution in [2.24, 2.45) is 5.11 Å². The summed E-state index contributed by atoms with van der Waals surface area (Å²) in [4.78, 5) is 2.55. The second kappa shape index (κ2) is 9.05. The predicted molar refractivity (Wildman–Crippen MR) is 45.7 cm³/mol. The summed E-state index contributed by atoms with van der Waals surface area (Å²) < 4.78 is 0. The highest BCUT2D eigenvalue weighted by atomic mass is 15.1. The first kappa shape index (κ1) is 10.0. The van der Waals surface area contributed by atoms with E-state index < -0.39 is 0 Å². The minimum atomic E-state index is 0.971. The molecular weight excluding hydrogens is 138 g/mol. The Morgan fingerprint density at radius 2 is 2.27 bits per heavy atom. The highest BCUT2D eigenvalue weighted by Gasteiger charge is 1.82. The van der Waals surface area contributed by atoms with Crippen LogP contribution in [0.4, 0.5) is 0 Å². The van der Waals surface area contributed by atoms with Crippen molar-refractivity contribution in [3.63, 3.8) is 0 Å². The molecule has 0 aliphatic heterocycles. The van der Waals surface area contributed by atoms with Gasteiger partial charge in [-0.15, -0.1) is 0 Å². The average Bonchev–Trinajstić information content (AvgIpc) is 2.03. The SMILES string of the molecule is CCCCCCC=[C]N=[N+]=[N-]. The molecule has 0 fully saturated rings. The van der Waals surface area contributed by atoms with Crippen molar-refractivity contribution in [1.82, 2.24) is 0 Å². The second-order valence-corrected chi connectivity index (χ2v) is 2.37. The maximum Gasteiger partial charge on any atom is 0.0427 e. The van der Waals surface area contributed by atoms with Crippen LogP contribution in [0.3, 0.4) is 0 Å². The smallest absolute Gasteiger partial charge is 0.0427 e. The fraction of sp³-hybridized carbons (Fsp3) is 0.750. The van der Waals surface area contributed by atoms with Gasteiger partial charge in [0, 0.05) is 11.1 Å². The Kier molecular flexibility index (Phi) is 8.27. The molecule has 3 heteroatoms. The molecule has 0 saturated heterocycles. The van der Waals surface area contributed by atoms with Gasteiger partial charge in [0.1, 0.15) is 0 Å². The number of hydrogen-bond acceptors (Lipinski definition) is 1. The Labute approximate surface area is 67.7 Å². The molecule has 0 rings (SSSR count). The molecule has 0 heterocycles. The van der Waals surface area contributed by atoms with E-state index in [0.717, 1.165) is 6.42 Å². The molecular formula is C8H14N3. The van der Waals surface area contributed by atoms with Gasteiger partial charge in [-0.3, -0.25) is 0 Å². The van der Waals surface area contributed by atoms with Crippen molar-refractivity contribution in [3.05, 3.63) is 22.7 Å². The highest BCUT2D eigenvalue weighted by Crippen LogP contribution is 2.02. The number of unbranched alkanes of at least 4 members (excludes halogenated alkanes) is 4. The summed E-state index contributed by atoms with van der Waals surface area (Å²) in [6.07, 6.45) is 10.2. The zero-order chi connectivity index (χ0) is 8.36. The normalized spacial score (nSPS) is 9.91. The van der Waals surface area contributed by atoms with E-state index in [-0.39, 0.29) is 0 Å². The number of rotatable bonds is 6. The number of hydrogen-bond donors (Lipinski definition) is 0. The topological polar surface area (TPSA) is 48.8 Å². The molecule has 0 aromatic heterocycles. The van der Waals surface area contributed by atoms with Gasteiger partial charge in [-0.25, -0.2) is 0 Å². The maximum atomic E-state index is 7.88. The molecule has 0 atom stereocenters. The molecule has 0 spiro atoms. The van der Waals surface area contributed by atoms with E-state index in [4.69, 9.17) is 5.53 Å². The van der Waals surface area contributed by atoms with Crippen LogP contribution in [-0.4, -0.2) is 0 Å². The maximum absolute atomic E-state index is 7.88. The van der Waals surface area contributed by atoms with Gasteiger partial charge in [0.2, 0.25) is 0 Å². The Morgan fingerprint density at radius 3 is 2.91 bits per heavy atom. The third-order valence-corrected chi connectivity index (χ3v) is 1.40. The zero-order valence-electron chi connectivity index (χ0n) is 6.95. The molecule has 0 saturated carbocycles. The summed E-state index contributed by atoms with van der Waals surface area (Å²) in [7, 11) is 0. The molecule has 1 radical (unpaired) electrons. The Balaban J connectivity index is 3.07. The van der Waals surface area contributed by atoms with Gasteiger partial charge in [-0.1, -0.05) is 37.4 Å². The lowest BCUT2D eigenvalue weighted by Crippen LogP contribution is -1.72. The fourth-order valence-corrected chi connectivity index (χ4v) is 0.804. The van der Waals surface area contributed by atoms with Crippen LogP contribution in [0.15, 0.2) is 11.2 Å². The van der Waals surface area contributed by atoms with Crippen LogP contribution in [0.1, 0.15) is 39.0 Å². The van der Waals surface area contributed by atoms with E-state index in [1.807, 2.05) is 0 Å². The van der Waals surface area contributed by atoms with E-state index in [0.29, 0.717) is 0 Å². The predicted octanol–water partition coefficient (Wildman–Crippen LogP) is 3.58. The summed E-state index contributed by atoms with van der Waals surface area (Å²) in [6.45, 7) is 2.18. The Morgan fingerprint density at radius 1 is 1.45 bits per heavy atom. The van der Waals surface area contributed by atoms with Crippen molar-refractivity contribution in [1.29, 1.82) is 0 Å². The number of azide groups is 1. The minimum Gasteiger partial charge on any atom is -0.0745 e. The minimum absolute atomic E-state index is 0.971. The molecule has 0 aliphatic carbocycles. The van der Waals surface area contributed by atoms with Gasteiger partial charge >= 0.3 is 0 Å². The van der Waals surface area contributed by atoms with E-state index in [1.165, 1.54) is 25.7 Å². The molecule has 11 heavy (non-hydrogen) atoms. The van der Waals surface area contributed by atoms with Crippen LogP contribution >= 0.6 is 0 Å². The first-order valence-corrected chi connectivity index (χ1v) is 4.03. The van der Waals surface area contributed by atoms with Crippen molar-refractivity contribution >= 4 is 0 Å². The summed E-state index contributed by atoms with van der Waals surface area (Å²) in [5, 5.41) is 3.16. The van der Waals surface area contributed by atoms with Crippen LogP contribution in [0.2, 0.25) is 0 Å². The quantitative estimate of drug-likeness (QED) is 0.242. The van der Waals surface area contributed by atoms with Crippen LogP contribution in [0.5, 0.6) is 0 Å². The molecule has 0 unspecified atom stereocenters. The fourth-order valence-electron chi connectivity index (χ4n) is 0.804. The molecule has 0 amide bonds.